The molecular formula is C25H30FN3O2. The molecule has 3 aromatic rings. The number of H-pyrrole nitrogens is 1. The zero-order valence-corrected chi connectivity index (χ0v) is 18.2. The number of carbonyl (C=O) groups is 1. The van der Waals surface area contributed by atoms with Crippen LogP contribution < -0.4 is 10.1 Å². The lowest BCUT2D eigenvalue weighted by molar-refractivity contribution is -0.120. The summed E-state index contributed by atoms with van der Waals surface area (Å²) in [6, 6.07) is 12.9. The van der Waals surface area contributed by atoms with Crippen molar-refractivity contribution in [1.29, 1.82) is 0 Å². The number of benzene rings is 2. The molecule has 4 rings (SSSR count). The van der Waals surface area contributed by atoms with Gasteiger partial charge in [-0.3, -0.25) is 9.69 Å². The number of carbonyl (C=O) groups excluding carboxylic acids is 1. The lowest BCUT2D eigenvalue weighted by Crippen LogP contribution is -2.38. The Balaban J connectivity index is 1.24. The Hall–Kier alpha value is -2.86. The van der Waals surface area contributed by atoms with Gasteiger partial charge in [0.1, 0.15) is 11.6 Å². The first-order valence-electron chi connectivity index (χ1n) is 10.9. The molecule has 1 aliphatic heterocycles. The first kappa shape index (κ1) is 21.4. The summed E-state index contributed by atoms with van der Waals surface area (Å²) in [5.41, 5.74) is 3.95. The number of amides is 1. The number of fused-ring (bicyclic) bond motifs is 1. The average Bonchev–Trinajstić information content (AvgIpc) is 3.08. The van der Waals surface area contributed by atoms with Crippen LogP contribution in [-0.2, 0) is 17.8 Å². The smallest absolute Gasteiger partial charge is 0.224 e. The van der Waals surface area contributed by atoms with E-state index in [0.29, 0.717) is 12.5 Å². The second-order valence-corrected chi connectivity index (χ2v) is 8.47. The molecule has 0 aliphatic carbocycles. The van der Waals surface area contributed by atoms with Gasteiger partial charge in [0.15, 0.2) is 0 Å². The standard InChI is InChI=1S/C25H30FN3O2/c1-17-22(23-13-20(26)5-8-24(23)28-17)14-25(30)27-15-18-9-11-29(12-10-18)16-19-3-6-21(31-2)7-4-19/h3-8,13,18,28H,9-12,14-16H2,1-2H3,(H,27,30). The van der Waals surface area contributed by atoms with Gasteiger partial charge in [0.2, 0.25) is 5.91 Å². The molecule has 1 fully saturated rings. The minimum Gasteiger partial charge on any atom is -0.497 e. The van der Waals surface area contributed by atoms with E-state index in [1.54, 1.807) is 13.2 Å². The third-order valence-corrected chi connectivity index (χ3v) is 6.28. The fourth-order valence-electron chi connectivity index (χ4n) is 4.40. The molecule has 0 radical (unpaired) electrons. The molecule has 5 nitrogen and oxygen atoms in total. The molecule has 0 bridgehead atoms. The Labute approximate surface area is 182 Å². The quantitative estimate of drug-likeness (QED) is 0.599. The van der Waals surface area contributed by atoms with E-state index in [2.05, 4.69) is 27.3 Å². The van der Waals surface area contributed by atoms with Crippen molar-refractivity contribution in [3.63, 3.8) is 0 Å². The average molecular weight is 424 g/mol. The normalized spacial score (nSPS) is 15.3. The number of nitrogens with zero attached hydrogens (tertiary/aromatic N) is 1. The van der Waals surface area contributed by atoms with Crippen molar-refractivity contribution in [2.24, 2.45) is 5.92 Å². The number of aryl methyl sites for hydroxylation is 1. The molecule has 1 aromatic heterocycles. The molecular weight excluding hydrogens is 393 g/mol. The zero-order chi connectivity index (χ0) is 21.8. The SMILES string of the molecule is COc1ccc(CN2CCC(CNC(=O)Cc3c(C)[nH]c4ccc(F)cc34)CC2)cc1. The van der Waals surface area contributed by atoms with Gasteiger partial charge < -0.3 is 15.0 Å². The number of hydrogen-bond acceptors (Lipinski definition) is 3. The summed E-state index contributed by atoms with van der Waals surface area (Å²) in [4.78, 5) is 18.3. The summed E-state index contributed by atoms with van der Waals surface area (Å²) in [5, 5.41) is 3.89. The summed E-state index contributed by atoms with van der Waals surface area (Å²) in [5.74, 6) is 1.09. The summed E-state index contributed by atoms with van der Waals surface area (Å²) in [7, 11) is 1.68. The van der Waals surface area contributed by atoms with Gasteiger partial charge in [0, 0.05) is 29.7 Å². The Bertz CT molecular complexity index is 1040. The number of piperidine rings is 1. The monoisotopic (exact) mass is 423 g/mol. The molecule has 0 unspecified atom stereocenters. The van der Waals surface area contributed by atoms with E-state index in [1.165, 1.54) is 17.7 Å². The zero-order valence-electron chi connectivity index (χ0n) is 18.2. The minimum absolute atomic E-state index is 0.00563. The molecule has 0 spiro atoms. The Morgan fingerprint density at radius 2 is 1.94 bits per heavy atom. The molecule has 2 heterocycles. The van der Waals surface area contributed by atoms with Crippen molar-refractivity contribution in [3.8, 4) is 5.75 Å². The summed E-state index contributed by atoms with van der Waals surface area (Å²) < 4.78 is 18.9. The number of rotatable bonds is 7. The molecule has 1 amide bonds. The number of aromatic nitrogens is 1. The Morgan fingerprint density at radius 1 is 1.19 bits per heavy atom. The molecule has 2 N–H and O–H groups in total. The van der Waals surface area contributed by atoms with E-state index in [0.717, 1.165) is 60.4 Å². The van der Waals surface area contributed by atoms with Gasteiger partial charge in [-0.15, -0.1) is 0 Å². The maximum Gasteiger partial charge on any atom is 0.224 e. The third kappa shape index (κ3) is 5.25. The van der Waals surface area contributed by atoms with Gasteiger partial charge in [-0.05, 0) is 80.2 Å². The highest BCUT2D eigenvalue weighted by Gasteiger charge is 2.20. The van der Waals surface area contributed by atoms with Gasteiger partial charge in [-0.2, -0.15) is 0 Å². The summed E-state index contributed by atoms with van der Waals surface area (Å²) in [6.07, 6.45) is 2.42. The van der Waals surface area contributed by atoms with E-state index in [4.69, 9.17) is 4.74 Å². The highest BCUT2D eigenvalue weighted by atomic mass is 19.1. The summed E-state index contributed by atoms with van der Waals surface area (Å²) in [6.45, 7) is 5.64. The predicted molar refractivity (Wildman–Crippen MR) is 121 cm³/mol. The highest BCUT2D eigenvalue weighted by Crippen LogP contribution is 2.24. The molecule has 0 atom stereocenters. The van der Waals surface area contributed by atoms with E-state index in [1.807, 2.05) is 19.1 Å². The second kappa shape index (κ2) is 9.52. The van der Waals surface area contributed by atoms with Crippen molar-refractivity contribution < 1.29 is 13.9 Å². The van der Waals surface area contributed by atoms with Crippen molar-refractivity contribution in [2.45, 2.75) is 32.7 Å². The van der Waals surface area contributed by atoms with Crippen LogP contribution in [0.3, 0.4) is 0 Å². The number of hydrogen-bond donors (Lipinski definition) is 2. The third-order valence-electron chi connectivity index (χ3n) is 6.28. The van der Waals surface area contributed by atoms with Crippen molar-refractivity contribution in [2.75, 3.05) is 26.7 Å². The lowest BCUT2D eigenvalue weighted by atomic mass is 9.96. The fourth-order valence-corrected chi connectivity index (χ4v) is 4.40. The maximum atomic E-state index is 13.6. The van der Waals surface area contributed by atoms with Crippen LogP contribution in [-0.4, -0.2) is 42.5 Å². The van der Waals surface area contributed by atoms with Crippen LogP contribution in [0.15, 0.2) is 42.5 Å². The molecule has 31 heavy (non-hydrogen) atoms. The van der Waals surface area contributed by atoms with Crippen molar-refractivity contribution in [3.05, 3.63) is 65.1 Å². The predicted octanol–water partition coefficient (Wildman–Crippen LogP) is 4.19. The number of methoxy groups -OCH3 is 1. The van der Waals surface area contributed by atoms with Crippen LogP contribution in [0, 0.1) is 18.7 Å². The van der Waals surface area contributed by atoms with Crippen LogP contribution in [0.4, 0.5) is 4.39 Å². The molecule has 2 aromatic carbocycles. The van der Waals surface area contributed by atoms with Gasteiger partial charge >= 0.3 is 0 Å². The minimum atomic E-state index is -0.283. The topological polar surface area (TPSA) is 57.4 Å². The van der Waals surface area contributed by atoms with E-state index in [9.17, 15) is 9.18 Å². The van der Waals surface area contributed by atoms with Crippen molar-refractivity contribution in [1.82, 2.24) is 15.2 Å². The maximum absolute atomic E-state index is 13.6. The van der Waals surface area contributed by atoms with Crippen LogP contribution in [0.2, 0.25) is 0 Å². The Morgan fingerprint density at radius 3 is 2.65 bits per heavy atom. The largest absolute Gasteiger partial charge is 0.497 e. The van der Waals surface area contributed by atoms with Gasteiger partial charge in [0.25, 0.3) is 0 Å². The van der Waals surface area contributed by atoms with Gasteiger partial charge in [-0.25, -0.2) is 4.39 Å². The van der Waals surface area contributed by atoms with Crippen LogP contribution in [0.25, 0.3) is 10.9 Å². The lowest BCUT2D eigenvalue weighted by Gasteiger charge is -2.32. The van der Waals surface area contributed by atoms with Crippen LogP contribution >= 0.6 is 0 Å². The number of halogens is 1. The molecule has 1 aliphatic rings. The fraction of sp³-hybridized carbons (Fsp3) is 0.400. The van der Waals surface area contributed by atoms with E-state index >= 15 is 0 Å². The number of ether oxygens (including phenoxy) is 1. The number of aromatic amines is 1. The van der Waals surface area contributed by atoms with Crippen LogP contribution in [0.5, 0.6) is 5.75 Å². The number of likely N-dealkylation sites (tertiary alicyclic amines) is 1. The van der Waals surface area contributed by atoms with Crippen LogP contribution in [0.1, 0.15) is 29.7 Å². The molecule has 1 saturated heterocycles. The van der Waals surface area contributed by atoms with Crippen molar-refractivity contribution >= 4 is 16.8 Å². The van der Waals surface area contributed by atoms with Gasteiger partial charge in [0.05, 0.1) is 13.5 Å². The molecule has 164 valence electrons. The van der Waals surface area contributed by atoms with Gasteiger partial charge in [-0.1, -0.05) is 12.1 Å². The Kier molecular flexibility index (Phi) is 6.56. The molecule has 0 saturated carbocycles. The molecule has 6 heteroatoms. The second-order valence-electron chi connectivity index (χ2n) is 8.47. The van der Waals surface area contributed by atoms with E-state index in [-0.39, 0.29) is 18.1 Å². The number of nitrogens with one attached hydrogen (secondary N) is 2. The van der Waals surface area contributed by atoms with E-state index < -0.39 is 0 Å². The first-order chi connectivity index (χ1) is 15.0. The highest BCUT2D eigenvalue weighted by molar-refractivity contribution is 5.90. The summed E-state index contributed by atoms with van der Waals surface area (Å²) >= 11 is 0. The first-order valence-corrected chi connectivity index (χ1v) is 10.9.